The molecule has 4 heteroatoms. The van der Waals surface area contributed by atoms with E-state index in [9.17, 15) is 0 Å². The van der Waals surface area contributed by atoms with Crippen LogP contribution in [0.4, 0.5) is 0 Å². The quantitative estimate of drug-likeness (QED) is 0.871. The number of nitrogens with zero attached hydrogens (tertiary/aromatic N) is 1. The Labute approximate surface area is 127 Å². The molecule has 0 spiro atoms. The molecule has 0 radical (unpaired) electrons. The van der Waals surface area contributed by atoms with E-state index in [0.29, 0.717) is 4.75 Å². The molecule has 1 saturated heterocycles. The van der Waals surface area contributed by atoms with Gasteiger partial charge in [0.1, 0.15) is 12.4 Å². The molecule has 0 aromatic heterocycles. The van der Waals surface area contributed by atoms with Gasteiger partial charge >= 0.3 is 0 Å². The average Bonchev–Trinajstić information content (AvgIpc) is 2.40. The largest absolute Gasteiger partial charge is 0.492 e. The first kappa shape index (κ1) is 15.7. The lowest BCUT2D eigenvalue weighted by Crippen LogP contribution is -2.44. The number of hydrogen-bond donors (Lipinski definition) is 1. The van der Waals surface area contributed by atoms with Crippen LogP contribution in [0.3, 0.4) is 0 Å². The van der Waals surface area contributed by atoms with Gasteiger partial charge in [-0.3, -0.25) is 4.90 Å². The van der Waals surface area contributed by atoms with Gasteiger partial charge in [-0.15, -0.1) is 0 Å². The lowest BCUT2D eigenvalue weighted by Gasteiger charge is -2.37. The van der Waals surface area contributed by atoms with Gasteiger partial charge < -0.3 is 10.1 Å². The van der Waals surface area contributed by atoms with E-state index in [1.165, 1.54) is 17.9 Å². The zero-order chi connectivity index (χ0) is 14.4. The van der Waals surface area contributed by atoms with Gasteiger partial charge in [-0.1, -0.05) is 18.2 Å². The summed E-state index contributed by atoms with van der Waals surface area (Å²) in [6.07, 6.45) is 0. The highest BCUT2D eigenvalue weighted by molar-refractivity contribution is 8.00. The van der Waals surface area contributed by atoms with Crippen LogP contribution in [0.5, 0.6) is 5.75 Å². The molecule has 0 aliphatic carbocycles. The van der Waals surface area contributed by atoms with E-state index in [4.69, 9.17) is 4.74 Å². The maximum atomic E-state index is 5.97. The van der Waals surface area contributed by atoms with Gasteiger partial charge in [0.15, 0.2) is 0 Å². The van der Waals surface area contributed by atoms with E-state index in [1.807, 2.05) is 13.1 Å². The molecule has 20 heavy (non-hydrogen) atoms. The number of hydrogen-bond acceptors (Lipinski definition) is 4. The van der Waals surface area contributed by atoms with E-state index < -0.39 is 0 Å². The standard InChI is InChI=1S/C16H26N2OS/c1-16(2)13-18(9-11-20-16)8-10-19-15-7-5-4-6-14(15)12-17-3/h4-7,17H,8-13H2,1-3H3. The third kappa shape index (κ3) is 4.69. The fraction of sp³-hybridized carbons (Fsp3) is 0.625. The fourth-order valence-corrected chi connectivity index (χ4v) is 3.75. The predicted octanol–water partition coefficient (Wildman–Crippen LogP) is 2.61. The molecule has 3 nitrogen and oxygen atoms in total. The zero-order valence-corrected chi connectivity index (χ0v) is 13.6. The molecule has 0 bridgehead atoms. The van der Waals surface area contributed by atoms with Gasteiger partial charge in [0.25, 0.3) is 0 Å². The third-order valence-electron chi connectivity index (χ3n) is 3.51. The van der Waals surface area contributed by atoms with Crippen molar-refractivity contribution in [1.82, 2.24) is 10.2 Å². The summed E-state index contributed by atoms with van der Waals surface area (Å²) >= 11 is 2.07. The predicted molar refractivity (Wildman–Crippen MR) is 87.7 cm³/mol. The number of ether oxygens (including phenoxy) is 1. The highest BCUT2D eigenvalue weighted by Crippen LogP contribution is 2.29. The summed E-state index contributed by atoms with van der Waals surface area (Å²) < 4.78 is 6.35. The Balaban J connectivity index is 1.81. The second kappa shape index (κ2) is 7.34. The molecule has 0 saturated carbocycles. The number of thioether (sulfide) groups is 1. The molecular weight excluding hydrogens is 268 g/mol. The van der Waals surface area contributed by atoms with Crippen molar-refractivity contribution in [3.63, 3.8) is 0 Å². The van der Waals surface area contributed by atoms with Gasteiger partial charge in [-0.25, -0.2) is 0 Å². The molecular formula is C16H26N2OS. The molecule has 112 valence electrons. The van der Waals surface area contributed by atoms with Crippen LogP contribution in [0.1, 0.15) is 19.4 Å². The Bertz CT molecular complexity index is 423. The Morgan fingerprint density at radius 1 is 1.35 bits per heavy atom. The summed E-state index contributed by atoms with van der Waals surface area (Å²) in [5, 5.41) is 3.18. The molecule has 0 amide bonds. The van der Waals surface area contributed by atoms with Crippen molar-refractivity contribution < 1.29 is 4.74 Å². The van der Waals surface area contributed by atoms with Crippen LogP contribution in [0.2, 0.25) is 0 Å². The number of benzene rings is 1. The Morgan fingerprint density at radius 2 is 2.15 bits per heavy atom. The molecule has 1 aromatic carbocycles. The van der Waals surface area contributed by atoms with Crippen molar-refractivity contribution in [3.05, 3.63) is 29.8 Å². The van der Waals surface area contributed by atoms with Crippen LogP contribution < -0.4 is 10.1 Å². The monoisotopic (exact) mass is 294 g/mol. The fourth-order valence-electron chi connectivity index (χ4n) is 2.57. The van der Waals surface area contributed by atoms with E-state index >= 15 is 0 Å². The summed E-state index contributed by atoms with van der Waals surface area (Å²) in [6.45, 7) is 9.61. The van der Waals surface area contributed by atoms with E-state index in [-0.39, 0.29) is 0 Å². The Kier molecular flexibility index (Phi) is 5.75. The topological polar surface area (TPSA) is 24.5 Å². The molecule has 1 fully saturated rings. The maximum Gasteiger partial charge on any atom is 0.123 e. The minimum atomic E-state index is 0.377. The van der Waals surface area contributed by atoms with Crippen molar-refractivity contribution in [1.29, 1.82) is 0 Å². The average molecular weight is 294 g/mol. The SMILES string of the molecule is CNCc1ccccc1OCCN1CCSC(C)(C)C1. The van der Waals surface area contributed by atoms with Crippen molar-refractivity contribution in [3.8, 4) is 5.75 Å². The maximum absolute atomic E-state index is 5.97. The zero-order valence-electron chi connectivity index (χ0n) is 12.8. The summed E-state index contributed by atoms with van der Waals surface area (Å²) in [5.41, 5.74) is 1.23. The lowest BCUT2D eigenvalue weighted by atomic mass is 10.2. The van der Waals surface area contributed by atoms with Gasteiger partial charge in [0.2, 0.25) is 0 Å². The second-order valence-corrected chi connectivity index (χ2v) is 7.67. The molecule has 1 heterocycles. The van der Waals surface area contributed by atoms with Crippen molar-refractivity contribution in [2.45, 2.75) is 25.1 Å². The Hall–Kier alpha value is -0.710. The number of para-hydroxylation sites is 1. The summed E-state index contributed by atoms with van der Waals surface area (Å²) in [7, 11) is 1.96. The van der Waals surface area contributed by atoms with Crippen LogP contribution >= 0.6 is 11.8 Å². The molecule has 0 unspecified atom stereocenters. The summed E-state index contributed by atoms with van der Waals surface area (Å²) in [4.78, 5) is 2.51. The first-order valence-corrected chi connectivity index (χ1v) is 8.31. The van der Waals surface area contributed by atoms with Crippen molar-refractivity contribution >= 4 is 11.8 Å². The van der Waals surface area contributed by atoms with Gasteiger partial charge in [-0.2, -0.15) is 11.8 Å². The highest BCUT2D eigenvalue weighted by atomic mass is 32.2. The summed E-state index contributed by atoms with van der Waals surface area (Å²) in [5.74, 6) is 2.23. The van der Waals surface area contributed by atoms with Gasteiger partial charge in [0, 0.05) is 42.2 Å². The lowest BCUT2D eigenvalue weighted by molar-refractivity contribution is 0.201. The van der Waals surface area contributed by atoms with Crippen LogP contribution in [-0.2, 0) is 6.54 Å². The first-order valence-electron chi connectivity index (χ1n) is 7.32. The van der Waals surface area contributed by atoms with E-state index in [1.54, 1.807) is 0 Å². The van der Waals surface area contributed by atoms with Crippen LogP contribution in [0.15, 0.2) is 24.3 Å². The number of rotatable bonds is 6. The molecule has 0 atom stereocenters. The molecule has 1 aliphatic heterocycles. The van der Waals surface area contributed by atoms with Crippen LogP contribution in [0, 0.1) is 0 Å². The van der Waals surface area contributed by atoms with Crippen molar-refractivity contribution in [2.24, 2.45) is 0 Å². The van der Waals surface area contributed by atoms with Crippen LogP contribution in [0.25, 0.3) is 0 Å². The van der Waals surface area contributed by atoms with E-state index in [2.05, 4.69) is 54.0 Å². The molecule has 1 aromatic rings. The van der Waals surface area contributed by atoms with Gasteiger partial charge in [-0.05, 0) is 27.0 Å². The minimum absolute atomic E-state index is 0.377. The van der Waals surface area contributed by atoms with Crippen molar-refractivity contribution in [2.75, 3.05) is 39.0 Å². The second-order valence-electron chi connectivity index (χ2n) is 5.87. The first-order chi connectivity index (χ1) is 9.61. The number of nitrogens with one attached hydrogen (secondary N) is 1. The minimum Gasteiger partial charge on any atom is -0.492 e. The van der Waals surface area contributed by atoms with E-state index in [0.717, 1.165) is 32.0 Å². The molecule has 2 rings (SSSR count). The molecule has 1 N–H and O–H groups in total. The third-order valence-corrected chi connectivity index (χ3v) is 4.81. The Morgan fingerprint density at radius 3 is 2.90 bits per heavy atom. The van der Waals surface area contributed by atoms with Gasteiger partial charge in [0.05, 0.1) is 0 Å². The summed E-state index contributed by atoms with van der Waals surface area (Å²) in [6, 6.07) is 8.27. The normalized spacial score (nSPS) is 18.9. The highest BCUT2D eigenvalue weighted by Gasteiger charge is 2.26. The smallest absolute Gasteiger partial charge is 0.123 e. The molecule has 1 aliphatic rings. The van der Waals surface area contributed by atoms with Crippen LogP contribution in [-0.4, -0.2) is 48.7 Å².